The number of amides is 1. The second kappa shape index (κ2) is 10.2. The highest BCUT2D eigenvalue weighted by molar-refractivity contribution is 7.09. The molecule has 0 aliphatic carbocycles. The number of hydrogen-bond donors (Lipinski definition) is 0. The molecule has 27 heavy (non-hydrogen) atoms. The first-order chi connectivity index (χ1) is 13.0. The van der Waals surface area contributed by atoms with Gasteiger partial charge in [0.2, 0.25) is 5.91 Å². The minimum absolute atomic E-state index is 0.110. The number of rotatable bonds is 9. The van der Waals surface area contributed by atoms with Gasteiger partial charge in [-0.25, -0.2) is 9.78 Å². The van der Waals surface area contributed by atoms with Crippen LogP contribution in [0.4, 0.5) is 0 Å². The summed E-state index contributed by atoms with van der Waals surface area (Å²) < 4.78 is 4.72. The number of carbonyl (C=O) groups is 2. The SMILES string of the molecule is CCC(C(=O)N(CCC(C)C)Cc1nc(C(=O)OC)cs1)c1ccccc1. The van der Waals surface area contributed by atoms with Crippen molar-refractivity contribution >= 4 is 23.2 Å². The van der Waals surface area contributed by atoms with Gasteiger partial charge >= 0.3 is 5.97 Å². The van der Waals surface area contributed by atoms with E-state index in [1.807, 2.05) is 42.2 Å². The zero-order valence-electron chi connectivity index (χ0n) is 16.5. The average molecular weight is 389 g/mol. The van der Waals surface area contributed by atoms with Crippen LogP contribution in [0.1, 0.15) is 60.6 Å². The van der Waals surface area contributed by atoms with Crippen LogP contribution >= 0.6 is 11.3 Å². The Hall–Kier alpha value is -2.21. The van der Waals surface area contributed by atoms with Crippen LogP contribution in [0.15, 0.2) is 35.7 Å². The molecule has 0 aliphatic heterocycles. The number of benzene rings is 1. The molecule has 1 amide bonds. The molecule has 6 heteroatoms. The average Bonchev–Trinajstić information content (AvgIpc) is 3.14. The first-order valence-electron chi connectivity index (χ1n) is 9.32. The molecule has 1 atom stereocenters. The maximum absolute atomic E-state index is 13.3. The Morgan fingerprint density at radius 3 is 2.52 bits per heavy atom. The molecule has 1 heterocycles. The number of hydrogen-bond acceptors (Lipinski definition) is 5. The summed E-state index contributed by atoms with van der Waals surface area (Å²) in [6.07, 6.45) is 1.67. The summed E-state index contributed by atoms with van der Waals surface area (Å²) in [6.45, 7) is 7.42. The molecule has 1 unspecified atom stereocenters. The third kappa shape index (κ3) is 5.89. The smallest absolute Gasteiger partial charge is 0.357 e. The first-order valence-corrected chi connectivity index (χ1v) is 10.2. The van der Waals surface area contributed by atoms with Crippen LogP contribution in [-0.2, 0) is 16.1 Å². The highest BCUT2D eigenvalue weighted by atomic mass is 32.1. The van der Waals surface area contributed by atoms with Gasteiger partial charge in [-0.15, -0.1) is 11.3 Å². The highest BCUT2D eigenvalue weighted by Crippen LogP contribution is 2.24. The zero-order valence-corrected chi connectivity index (χ0v) is 17.3. The summed E-state index contributed by atoms with van der Waals surface area (Å²) in [6, 6.07) is 9.90. The molecule has 5 nitrogen and oxygen atoms in total. The van der Waals surface area contributed by atoms with E-state index in [0.29, 0.717) is 24.7 Å². The van der Waals surface area contributed by atoms with Gasteiger partial charge in [0, 0.05) is 11.9 Å². The Labute approximate surface area is 165 Å². The Kier molecular flexibility index (Phi) is 7.98. The van der Waals surface area contributed by atoms with Crippen LogP contribution in [0.2, 0.25) is 0 Å². The van der Waals surface area contributed by atoms with Crippen molar-refractivity contribution in [2.24, 2.45) is 5.92 Å². The van der Waals surface area contributed by atoms with Gasteiger partial charge in [0.05, 0.1) is 19.6 Å². The summed E-state index contributed by atoms with van der Waals surface area (Å²) in [7, 11) is 1.34. The van der Waals surface area contributed by atoms with E-state index in [4.69, 9.17) is 4.74 Å². The third-order valence-corrected chi connectivity index (χ3v) is 5.30. The topological polar surface area (TPSA) is 59.5 Å². The number of methoxy groups -OCH3 is 1. The maximum Gasteiger partial charge on any atom is 0.357 e. The molecule has 2 aromatic rings. The van der Waals surface area contributed by atoms with Gasteiger partial charge in [-0.1, -0.05) is 51.1 Å². The Balaban J connectivity index is 2.20. The summed E-state index contributed by atoms with van der Waals surface area (Å²) >= 11 is 1.38. The predicted molar refractivity (Wildman–Crippen MR) is 108 cm³/mol. The second-order valence-corrected chi connectivity index (χ2v) is 7.87. The number of nitrogens with zero attached hydrogens (tertiary/aromatic N) is 2. The lowest BCUT2D eigenvalue weighted by atomic mass is 9.94. The molecular formula is C21H28N2O3S. The predicted octanol–water partition coefficient (Wildman–Crippen LogP) is 4.50. The van der Waals surface area contributed by atoms with E-state index >= 15 is 0 Å². The van der Waals surface area contributed by atoms with Crippen molar-refractivity contribution in [2.75, 3.05) is 13.7 Å². The summed E-state index contributed by atoms with van der Waals surface area (Å²) in [4.78, 5) is 31.2. The van der Waals surface area contributed by atoms with Crippen LogP contribution in [0.3, 0.4) is 0 Å². The Morgan fingerprint density at radius 1 is 1.22 bits per heavy atom. The zero-order chi connectivity index (χ0) is 19.8. The number of ether oxygens (including phenoxy) is 1. The molecule has 2 rings (SSSR count). The molecule has 0 saturated heterocycles. The molecule has 0 fully saturated rings. The quantitative estimate of drug-likeness (QED) is 0.594. The largest absolute Gasteiger partial charge is 0.464 e. The van der Waals surface area contributed by atoms with Crippen LogP contribution < -0.4 is 0 Å². The molecule has 0 spiro atoms. The number of carbonyl (C=O) groups excluding carboxylic acids is 2. The lowest BCUT2D eigenvalue weighted by molar-refractivity contribution is -0.133. The normalized spacial score (nSPS) is 12.0. The van der Waals surface area contributed by atoms with E-state index in [9.17, 15) is 9.59 Å². The van der Waals surface area contributed by atoms with Crippen molar-refractivity contribution in [3.8, 4) is 0 Å². The van der Waals surface area contributed by atoms with E-state index in [1.165, 1.54) is 18.4 Å². The van der Waals surface area contributed by atoms with Crippen molar-refractivity contribution in [1.29, 1.82) is 0 Å². The maximum atomic E-state index is 13.3. The summed E-state index contributed by atoms with van der Waals surface area (Å²) in [5.74, 6) is -0.00938. The molecule has 0 saturated carbocycles. The molecule has 1 aromatic carbocycles. The van der Waals surface area contributed by atoms with E-state index in [-0.39, 0.29) is 11.8 Å². The van der Waals surface area contributed by atoms with Crippen LogP contribution in [0.25, 0.3) is 0 Å². The fraction of sp³-hybridized carbons (Fsp3) is 0.476. The van der Waals surface area contributed by atoms with Gasteiger partial charge in [0.25, 0.3) is 0 Å². The molecule has 0 bridgehead atoms. The molecular weight excluding hydrogens is 360 g/mol. The number of thiazole rings is 1. The summed E-state index contributed by atoms with van der Waals surface area (Å²) in [5, 5.41) is 2.43. The minimum Gasteiger partial charge on any atom is -0.464 e. The van der Waals surface area contributed by atoms with Gasteiger partial charge in [0.15, 0.2) is 5.69 Å². The lowest BCUT2D eigenvalue weighted by Gasteiger charge is -2.27. The highest BCUT2D eigenvalue weighted by Gasteiger charge is 2.25. The van der Waals surface area contributed by atoms with E-state index < -0.39 is 5.97 Å². The Morgan fingerprint density at radius 2 is 1.93 bits per heavy atom. The van der Waals surface area contributed by atoms with Crippen molar-refractivity contribution in [3.63, 3.8) is 0 Å². The van der Waals surface area contributed by atoms with Crippen molar-refractivity contribution < 1.29 is 14.3 Å². The minimum atomic E-state index is -0.451. The van der Waals surface area contributed by atoms with Crippen molar-refractivity contribution in [1.82, 2.24) is 9.88 Å². The molecule has 0 N–H and O–H groups in total. The second-order valence-electron chi connectivity index (χ2n) is 6.93. The van der Waals surface area contributed by atoms with Crippen molar-refractivity contribution in [3.05, 3.63) is 52.0 Å². The number of aromatic nitrogens is 1. The summed E-state index contributed by atoms with van der Waals surface area (Å²) in [5.41, 5.74) is 1.33. The molecule has 1 aromatic heterocycles. The van der Waals surface area contributed by atoms with Gasteiger partial charge < -0.3 is 9.64 Å². The Bertz CT molecular complexity index is 743. The monoisotopic (exact) mass is 388 g/mol. The van der Waals surface area contributed by atoms with E-state index in [1.54, 1.807) is 5.38 Å². The van der Waals surface area contributed by atoms with E-state index in [0.717, 1.165) is 23.4 Å². The third-order valence-electron chi connectivity index (χ3n) is 4.47. The van der Waals surface area contributed by atoms with Crippen molar-refractivity contribution in [2.45, 2.75) is 46.1 Å². The van der Waals surface area contributed by atoms with Gasteiger partial charge in [-0.3, -0.25) is 4.79 Å². The lowest BCUT2D eigenvalue weighted by Crippen LogP contribution is -2.36. The fourth-order valence-corrected chi connectivity index (χ4v) is 3.66. The van der Waals surface area contributed by atoms with Crippen LogP contribution in [0.5, 0.6) is 0 Å². The standard InChI is InChI=1S/C21H28N2O3S/c1-5-17(16-9-7-6-8-10-16)20(24)23(12-11-15(2)3)13-19-22-18(14-27-19)21(25)26-4/h6-10,14-15,17H,5,11-13H2,1-4H3. The molecule has 0 aliphatic rings. The van der Waals surface area contributed by atoms with Gasteiger partial charge in [0.1, 0.15) is 5.01 Å². The molecule has 146 valence electrons. The van der Waals surface area contributed by atoms with Gasteiger partial charge in [-0.05, 0) is 24.3 Å². The van der Waals surface area contributed by atoms with Gasteiger partial charge in [-0.2, -0.15) is 0 Å². The van der Waals surface area contributed by atoms with E-state index in [2.05, 4.69) is 18.8 Å². The van der Waals surface area contributed by atoms with Crippen LogP contribution in [0, 0.1) is 5.92 Å². The fourth-order valence-electron chi connectivity index (χ4n) is 2.88. The molecule has 0 radical (unpaired) electrons. The van der Waals surface area contributed by atoms with Crippen LogP contribution in [-0.4, -0.2) is 35.4 Å². The number of esters is 1. The first kappa shape index (κ1) is 21.1.